The zero-order valence-corrected chi connectivity index (χ0v) is 18.5. The first-order valence-corrected chi connectivity index (χ1v) is 11.4. The van der Waals surface area contributed by atoms with Crippen LogP contribution in [-0.2, 0) is 0 Å². The smallest absolute Gasteiger partial charge is 0.212 e. The average Bonchev–Trinajstić information content (AvgIpc) is 3.19. The predicted octanol–water partition coefficient (Wildman–Crippen LogP) is 5.53. The molecule has 1 aromatic heterocycles. The van der Waals surface area contributed by atoms with Crippen molar-refractivity contribution in [1.82, 2.24) is 14.9 Å². The molecule has 0 aliphatic carbocycles. The van der Waals surface area contributed by atoms with Crippen molar-refractivity contribution in [2.24, 2.45) is 5.10 Å². The van der Waals surface area contributed by atoms with Gasteiger partial charge in [0.1, 0.15) is 11.5 Å². The molecule has 156 valence electrons. The van der Waals surface area contributed by atoms with Gasteiger partial charge in [-0.05, 0) is 55.8 Å². The van der Waals surface area contributed by atoms with E-state index in [0.29, 0.717) is 29.0 Å². The van der Waals surface area contributed by atoms with Gasteiger partial charge in [-0.15, -0.1) is 10.2 Å². The van der Waals surface area contributed by atoms with Crippen molar-refractivity contribution < 1.29 is 9.47 Å². The average molecular weight is 443 g/mol. The maximum Gasteiger partial charge on any atom is 0.212 e. The molecule has 3 aromatic rings. The summed E-state index contributed by atoms with van der Waals surface area (Å²) in [5.74, 6) is 2.94. The molecule has 0 fully saturated rings. The third-order valence-electron chi connectivity index (χ3n) is 4.61. The van der Waals surface area contributed by atoms with Gasteiger partial charge >= 0.3 is 0 Å². The van der Waals surface area contributed by atoms with Crippen molar-refractivity contribution in [1.29, 1.82) is 0 Å². The molecule has 0 spiro atoms. The van der Waals surface area contributed by atoms with Crippen LogP contribution in [-0.4, -0.2) is 39.6 Å². The number of hydrogen-bond donors (Lipinski definition) is 0. The Kier molecular flexibility index (Phi) is 6.59. The van der Waals surface area contributed by atoms with Crippen LogP contribution < -0.4 is 9.47 Å². The van der Waals surface area contributed by atoms with E-state index in [1.54, 1.807) is 16.4 Å². The Bertz CT molecular complexity index is 1050. The molecule has 0 saturated carbocycles. The molecule has 0 atom stereocenters. The van der Waals surface area contributed by atoms with Crippen LogP contribution in [0.2, 0.25) is 5.02 Å². The number of rotatable bonds is 8. The predicted molar refractivity (Wildman–Crippen MR) is 121 cm³/mol. The van der Waals surface area contributed by atoms with Crippen LogP contribution >= 0.6 is 23.4 Å². The van der Waals surface area contributed by atoms with Crippen LogP contribution in [0.5, 0.6) is 11.5 Å². The first-order valence-electron chi connectivity index (χ1n) is 10.0. The van der Waals surface area contributed by atoms with Crippen LogP contribution in [0.4, 0.5) is 0 Å². The molecular weight excluding hydrogens is 420 g/mol. The Labute approximate surface area is 185 Å². The molecule has 0 saturated heterocycles. The molecule has 0 N–H and O–H groups in total. The number of thioether (sulfide) groups is 1. The highest BCUT2D eigenvalue weighted by Crippen LogP contribution is 2.31. The minimum atomic E-state index is 0.575. The minimum absolute atomic E-state index is 0.575. The number of benzene rings is 2. The van der Waals surface area contributed by atoms with Crippen molar-refractivity contribution >= 4 is 29.1 Å². The van der Waals surface area contributed by atoms with Gasteiger partial charge in [-0.3, -0.25) is 0 Å². The molecular formula is C22H23ClN4O2S. The number of nitrogens with zero attached hydrogens (tertiary/aromatic N) is 4. The molecule has 2 aromatic carbocycles. The monoisotopic (exact) mass is 442 g/mol. The van der Waals surface area contributed by atoms with Crippen molar-refractivity contribution in [3.8, 4) is 22.9 Å². The molecule has 2 heterocycles. The van der Waals surface area contributed by atoms with E-state index in [2.05, 4.69) is 17.1 Å². The van der Waals surface area contributed by atoms with Gasteiger partial charge in [0.05, 0.1) is 23.9 Å². The fraction of sp³-hybridized carbons (Fsp3) is 0.318. The number of aromatic nitrogens is 3. The zero-order valence-electron chi connectivity index (χ0n) is 17.0. The van der Waals surface area contributed by atoms with Gasteiger partial charge in [0.2, 0.25) is 5.16 Å². The van der Waals surface area contributed by atoms with Crippen molar-refractivity contribution in [2.75, 3.05) is 19.0 Å². The molecule has 0 unspecified atom stereocenters. The summed E-state index contributed by atoms with van der Waals surface area (Å²) in [5, 5.41) is 14.8. The standard InChI is InChI=1S/C22H23ClN4O2S/c1-3-5-12-29-17-9-6-15(7-10-17)21-24-25-22-27(21)26-19(14-30-22)16-8-11-20(28-4-2)18(23)13-16/h6-11,13H,3-5,12,14H2,1-2H3. The minimum Gasteiger partial charge on any atom is -0.494 e. The van der Waals surface area contributed by atoms with Gasteiger partial charge in [0.25, 0.3) is 0 Å². The number of unbranched alkanes of at least 4 members (excludes halogenated alkanes) is 1. The first kappa shape index (κ1) is 20.8. The highest BCUT2D eigenvalue weighted by molar-refractivity contribution is 7.99. The summed E-state index contributed by atoms with van der Waals surface area (Å²) in [7, 11) is 0. The Hall–Kier alpha value is -2.51. The summed E-state index contributed by atoms with van der Waals surface area (Å²) >= 11 is 7.97. The van der Waals surface area contributed by atoms with Crippen molar-refractivity contribution in [3.05, 3.63) is 53.1 Å². The Balaban J connectivity index is 1.59. The van der Waals surface area contributed by atoms with Gasteiger partial charge in [-0.1, -0.05) is 36.7 Å². The molecule has 0 bridgehead atoms. The summed E-state index contributed by atoms with van der Waals surface area (Å²) in [6.45, 7) is 5.39. The van der Waals surface area contributed by atoms with E-state index in [1.165, 1.54) is 0 Å². The zero-order chi connectivity index (χ0) is 20.9. The fourth-order valence-electron chi connectivity index (χ4n) is 3.04. The number of halogens is 1. The number of fused-ring (bicyclic) bond motifs is 1. The lowest BCUT2D eigenvalue weighted by atomic mass is 10.1. The number of hydrogen-bond acceptors (Lipinski definition) is 6. The molecule has 1 aliphatic heterocycles. The van der Waals surface area contributed by atoms with E-state index in [0.717, 1.165) is 47.2 Å². The second kappa shape index (κ2) is 9.53. The Morgan fingerprint density at radius 1 is 1.03 bits per heavy atom. The largest absolute Gasteiger partial charge is 0.494 e. The van der Waals surface area contributed by atoms with Crippen LogP contribution in [0.1, 0.15) is 32.3 Å². The highest BCUT2D eigenvalue weighted by atomic mass is 35.5. The second-order valence-electron chi connectivity index (χ2n) is 6.76. The third-order valence-corrected chi connectivity index (χ3v) is 5.84. The lowest BCUT2D eigenvalue weighted by Crippen LogP contribution is -2.14. The normalized spacial score (nSPS) is 13.0. The fourth-order valence-corrected chi connectivity index (χ4v) is 4.11. The number of ether oxygens (including phenoxy) is 2. The molecule has 1 aliphatic rings. The van der Waals surface area contributed by atoms with E-state index in [9.17, 15) is 0 Å². The third kappa shape index (κ3) is 4.47. The van der Waals surface area contributed by atoms with Gasteiger partial charge in [0.15, 0.2) is 5.82 Å². The van der Waals surface area contributed by atoms with Gasteiger partial charge < -0.3 is 9.47 Å². The lowest BCUT2D eigenvalue weighted by molar-refractivity contribution is 0.309. The summed E-state index contributed by atoms with van der Waals surface area (Å²) in [6.07, 6.45) is 2.16. The summed E-state index contributed by atoms with van der Waals surface area (Å²) < 4.78 is 13.1. The molecule has 0 radical (unpaired) electrons. The Morgan fingerprint density at radius 3 is 2.57 bits per heavy atom. The second-order valence-corrected chi connectivity index (χ2v) is 8.11. The van der Waals surface area contributed by atoms with E-state index >= 15 is 0 Å². The molecule has 6 nitrogen and oxygen atoms in total. The van der Waals surface area contributed by atoms with Gasteiger partial charge in [0, 0.05) is 16.9 Å². The molecule has 30 heavy (non-hydrogen) atoms. The van der Waals surface area contributed by atoms with E-state index in [4.69, 9.17) is 26.2 Å². The highest BCUT2D eigenvalue weighted by Gasteiger charge is 2.21. The van der Waals surface area contributed by atoms with Crippen molar-refractivity contribution in [2.45, 2.75) is 31.8 Å². The van der Waals surface area contributed by atoms with Crippen LogP contribution in [0.15, 0.2) is 52.7 Å². The quantitative estimate of drug-likeness (QED) is 0.429. The van der Waals surface area contributed by atoms with Crippen LogP contribution in [0.3, 0.4) is 0 Å². The Morgan fingerprint density at radius 2 is 1.83 bits per heavy atom. The maximum absolute atomic E-state index is 6.36. The molecule has 0 amide bonds. The van der Waals surface area contributed by atoms with E-state index in [1.807, 2.05) is 49.4 Å². The summed E-state index contributed by atoms with van der Waals surface area (Å²) in [4.78, 5) is 0. The summed E-state index contributed by atoms with van der Waals surface area (Å²) in [6, 6.07) is 13.6. The van der Waals surface area contributed by atoms with E-state index < -0.39 is 0 Å². The SMILES string of the molecule is CCCCOc1ccc(-c2nnc3n2N=C(c2ccc(OCC)c(Cl)c2)CS3)cc1. The lowest BCUT2D eigenvalue weighted by Gasteiger charge is -2.15. The first-order chi connectivity index (χ1) is 14.7. The summed E-state index contributed by atoms with van der Waals surface area (Å²) in [5.41, 5.74) is 2.81. The van der Waals surface area contributed by atoms with Crippen LogP contribution in [0.25, 0.3) is 11.4 Å². The van der Waals surface area contributed by atoms with Gasteiger partial charge in [-0.2, -0.15) is 9.78 Å². The topological polar surface area (TPSA) is 61.5 Å². The molecule has 4 rings (SSSR count). The van der Waals surface area contributed by atoms with Gasteiger partial charge in [-0.25, -0.2) is 0 Å². The van der Waals surface area contributed by atoms with E-state index in [-0.39, 0.29) is 0 Å². The maximum atomic E-state index is 6.36. The molecule has 8 heteroatoms. The van der Waals surface area contributed by atoms with Crippen molar-refractivity contribution in [3.63, 3.8) is 0 Å². The van der Waals surface area contributed by atoms with Crippen LogP contribution in [0, 0.1) is 0 Å².